The summed E-state index contributed by atoms with van der Waals surface area (Å²) in [6, 6.07) is 7.37. The Balaban J connectivity index is 1.53. The summed E-state index contributed by atoms with van der Waals surface area (Å²) >= 11 is 0. The maximum absolute atomic E-state index is 12.6. The molecule has 3 rings (SSSR count). The number of carbonyl (C=O) groups is 1. The van der Waals surface area contributed by atoms with Crippen LogP contribution >= 0.6 is 0 Å². The van der Waals surface area contributed by atoms with E-state index in [0.717, 1.165) is 25.9 Å². The van der Waals surface area contributed by atoms with Crippen LogP contribution in [0.5, 0.6) is 5.75 Å². The second kappa shape index (κ2) is 8.31. The molecule has 7 heteroatoms. The first kappa shape index (κ1) is 18.4. The average Bonchev–Trinajstić information content (AvgIpc) is 3.14. The molecule has 0 bridgehead atoms. The predicted octanol–water partition coefficient (Wildman–Crippen LogP) is 2.41. The van der Waals surface area contributed by atoms with Crippen LogP contribution in [0.4, 0.5) is 0 Å². The van der Waals surface area contributed by atoms with Crippen molar-refractivity contribution in [1.82, 2.24) is 15.0 Å². The van der Waals surface area contributed by atoms with E-state index in [2.05, 4.69) is 10.1 Å². The minimum atomic E-state index is 0.0606. The Labute approximate surface area is 153 Å². The number of piperidine rings is 1. The molecule has 1 unspecified atom stereocenters. The molecular formula is C19H26N4O3. The van der Waals surface area contributed by atoms with Gasteiger partial charge in [0.2, 0.25) is 11.7 Å². The highest BCUT2D eigenvalue weighted by Gasteiger charge is 2.25. The van der Waals surface area contributed by atoms with Gasteiger partial charge in [-0.3, -0.25) is 4.79 Å². The number of rotatable bonds is 6. The lowest BCUT2D eigenvalue weighted by atomic mass is 9.90. The van der Waals surface area contributed by atoms with Crippen molar-refractivity contribution in [1.29, 1.82) is 0 Å². The van der Waals surface area contributed by atoms with Gasteiger partial charge in [-0.25, -0.2) is 0 Å². The molecule has 0 spiro atoms. The molecule has 1 amide bonds. The van der Waals surface area contributed by atoms with Gasteiger partial charge in [-0.15, -0.1) is 0 Å². The second-order valence-corrected chi connectivity index (χ2v) is 6.76. The van der Waals surface area contributed by atoms with Crippen LogP contribution in [0.25, 0.3) is 0 Å². The van der Waals surface area contributed by atoms with E-state index in [-0.39, 0.29) is 18.6 Å². The Hall–Kier alpha value is -2.41. The monoisotopic (exact) mass is 358 g/mol. The van der Waals surface area contributed by atoms with Crippen LogP contribution in [0.3, 0.4) is 0 Å². The molecule has 26 heavy (non-hydrogen) atoms. The van der Waals surface area contributed by atoms with Gasteiger partial charge in [0.1, 0.15) is 5.75 Å². The number of hydrogen-bond donors (Lipinski definition) is 1. The Morgan fingerprint density at radius 3 is 2.62 bits per heavy atom. The number of nitrogens with two attached hydrogens (primary N) is 1. The number of likely N-dealkylation sites (tertiary alicyclic amines) is 1. The first-order valence-corrected chi connectivity index (χ1v) is 9.16. The molecule has 0 aliphatic carbocycles. The van der Waals surface area contributed by atoms with Gasteiger partial charge < -0.3 is 19.9 Å². The van der Waals surface area contributed by atoms with Gasteiger partial charge in [-0.05, 0) is 49.9 Å². The Morgan fingerprint density at radius 2 is 2.04 bits per heavy atom. The van der Waals surface area contributed by atoms with Gasteiger partial charge in [0.15, 0.2) is 6.61 Å². The van der Waals surface area contributed by atoms with E-state index in [9.17, 15) is 4.79 Å². The SMILES string of the molecule is CCc1nc(COc2ccc(C(=O)N3CCC(C(C)N)CC3)cc2)no1. The zero-order chi connectivity index (χ0) is 18.5. The summed E-state index contributed by atoms with van der Waals surface area (Å²) in [4.78, 5) is 18.7. The third-order valence-electron chi connectivity index (χ3n) is 4.85. The van der Waals surface area contributed by atoms with Crippen LogP contribution in [0.2, 0.25) is 0 Å². The summed E-state index contributed by atoms with van der Waals surface area (Å²) in [5, 5.41) is 3.85. The number of carbonyl (C=O) groups excluding carboxylic acids is 1. The van der Waals surface area contributed by atoms with Gasteiger partial charge >= 0.3 is 0 Å². The van der Waals surface area contributed by atoms with Crippen molar-refractivity contribution in [2.75, 3.05) is 13.1 Å². The molecule has 1 atom stereocenters. The van der Waals surface area contributed by atoms with Crippen molar-refractivity contribution >= 4 is 5.91 Å². The molecule has 0 radical (unpaired) electrons. The summed E-state index contributed by atoms with van der Waals surface area (Å²) < 4.78 is 10.7. The zero-order valence-corrected chi connectivity index (χ0v) is 15.4. The van der Waals surface area contributed by atoms with E-state index in [0.29, 0.717) is 35.4 Å². The fraction of sp³-hybridized carbons (Fsp3) is 0.526. The van der Waals surface area contributed by atoms with Gasteiger partial charge in [-0.2, -0.15) is 4.98 Å². The summed E-state index contributed by atoms with van der Waals surface area (Å²) in [5.41, 5.74) is 6.63. The smallest absolute Gasteiger partial charge is 0.253 e. The molecule has 2 N–H and O–H groups in total. The highest BCUT2D eigenvalue weighted by Crippen LogP contribution is 2.22. The molecule has 2 heterocycles. The highest BCUT2D eigenvalue weighted by atomic mass is 16.5. The number of nitrogens with zero attached hydrogens (tertiary/aromatic N) is 3. The number of aromatic nitrogens is 2. The standard InChI is InChI=1S/C19H26N4O3/c1-3-18-21-17(22-26-18)12-25-16-6-4-15(5-7-16)19(24)23-10-8-14(9-11-23)13(2)20/h4-7,13-14H,3,8-12,20H2,1-2H3. The lowest BCUT2D eigenvalue weighted by Gasteiger charge is -2.33. The van der Waals surface area contributed by atoms with Crippen molar-refractivity contribution in [2.24, 2.45) is 11.7 Å². The summed E-state index contributed by atoms with van der Waals surface area (Å²) in [7, 11) is 0. The van der Waals surface area contributed by atoms with E-state index in [1.165, 1.54) is 0 Å². The minimum Gasteiger partial charge on any atom is -0.485 e. The molecule has 1 aromatic carbocycles. The van der Waals surface area contributed by atoms with Crippen LogP contribution in [-0.2, 0) is 13.0 Å². The first-order valence-electron chi connectivity index (χ1n) is 9.16. The van der Waals surface area contributed by atoms with Crippen LogP contribution in [0.1, 0.15) is 48.8 Å². The maximum Gasteiger partial charge on any atom is 0.253 e. The number of benzene rings is 1. The fourth-order valence-electron chi connectivity index (χ4n) is 3.14. The van der Waals surface area contributed by atoms with Crippen molar-refractivity contribution in [3.8, 4) is 5.75 Å². The number of amides is 1. The van der Waals surface area contributed by atoms with Gasteiger partial charge in [-0.1, -0.05) is 12.1 Å². The normalized spacial score (nSPS) is 16.5. The molecule has 1 aliphatic rings. The predicted molar refractivity (Wildman–Crippen MR) is 96.7 cm³/mol. The summed E-state index contributed by atoms with van der Waals surface area (Å²) in [5.74, 6) is 2.34. The lowest BCUT2D eigenvalue weighted by molar-refractivity contribution is 0.0681. The van der Waals surface area contributed by atoms with Gasteiger partial charge in [0.05, 0.1) is 0 Å². The molecule has 7 nitrogen and oxygen atoms in total. The molecule has 1 fully saturated rings. The van der Waals surface area contributed by atoms with E-state index in [1.54, 1.807) is 24.3 Å². The van der Waals surface area contributed by atoms with Crippen LogP contribution in [0.15, 0.2) is 28.8 Å². The largest absolute Gasteiger partial charge is 0.485 e. The van der Waals surface area contributed by atoms with Crippen LogP contribution in [0, 0.1) is 5.92 Å². The number of hydrogen-bond acceptors (Lipinski definition) is 6. The fourth-order valence-corrected chi connectivity index (χ4v) is 3.14. The first-order chi connectivity index (χ1) is 12.6. The summed E-state index contributed by atoms with van der Waals surface area (Å²) in [6.45, 7) is 5.76. The van der Waals surface area contributed by atoms with E-state index in [4.69, 9.17) is 15.0 Å². The van der Waals surface area contributed by atoms with Crippen molar-refractivity contribution in [3.63, 3.8) is 0 Å². The zero-order valence-electron chi connectivity index (χ0n) is 15.4. The quantitative estimate of drug-likeness (QED) is 0.852. The molecule has 0 saturated carbocycles. The van der Waals surface area contributed by atoms with Crippen molar-refractivity contribution in [3.05, 3.63) is 41.5 Å². The van der Waals surface area contributed by atoms with E-state index >= 15 is 0 Å². The Morgan fingerprint density at radius 1 is 1.35 bits per heavy atom. The lowest BCUT2D eigenvalue weighted by Crippen LogP contribution is -2.42. The van der Waals surface area contributed by atoms with E-state index < -0.39 is 0 Å². The Kier molecular flexibility index (Phi) is 5.88. The van der Waals surface area contributed by atoms with Crippen molar-refractivity contribution in [2.45, 2.75) is 45.8 Å². The van der Waals surface area contributed by atoms with Crippen molar-refractivity contribution < 1.29 is 14.1 Å². The summed E-state index contributed by atoms with van der Waals surface area (Å²) in [6.07, 6.45) is 2.63. The van der Waals surface area contributed by atoms with Crippen LogP contribution in [-0.4, -0.2) is 40.1 Å². The molecule has 1 aliphatic heterocycles. The topological polar surface area (TPSA) is 94.5 Å². The average molecular weight is 358 g/mol. The number of ether oxygens (including phenoxy) is 1. The maximum atomic E-state index is 12.6. The van der Waals surface area contributed by atoms with Gasteiger partial charge in [0, 0.05) is 31.1 Å². The molecule has 140 valence electrons. The van der Waals surface area contributed by atoms with Gasteiger partial charge in [0.25, 0.3) is 5.91 Å². The Bertz CT molecular complexity index is 719. The van der Waals surface area contributed by atoms with Crippen LogP contribution < -0.4 is 10.5 Å². The molecule has 1 saturated heterocycles. The second-order valence-electron chi connectivity index (χ2n) is 6.76. The molecular weight excluding hydrogens is 332 g/mol. The third kappa shape index (κ3) is 4.40. The third-order valence-corrected chi connectivity index (χ3v) is 4.85. The molecule has 2 aromatic rings. The molecule has 1 aromatic heterocycles. The number of aryl methyl sites for hydroxylation is 1. The highest BCUT2D eigenvalue weighted by molar-refractivity contribution is 5.94. The van der Waals surface area contributed by atoms with E-state index in [1.807, 2.05) is 18.7 Å². The minimum absolute atomic E-state index is 0.0606.